The van der Waals surface area contributed by atoms with E-state index in [9.17, 15) is 0 Å². The summed E-state index contributed by atoms with van der Waals surface area (Å²) < 4.78 is 12.2. The van der Waals surface area contributed by atoms with Gasteiger partial charge < -0.3 is 8.83 Å². The number of aromatic nitrogens is 6. The molecule has 0 saturated heterocycles. The molecule has 0 atom stereocenters. The average molecular weight is 401 g/mol. The molecule has 0 fully saturated rings. The molecule has 126 valence electrons. The maximum Gasteiger partial charge on any atom is 0.251 e. The molecule has 0 amide bonds. The number of hydrogen-bond donors (Lipinski definition) is 0. The molecule has 0 N–H and O–H groups in total. The molecule has 4 rings (SSSR count). The molecule has 8 nitrogen and oxygen atoms in total. The van der Waals surface area contributed by atoms with E-state index in [2.05, 4.69) is 41.5 Å². The van der Waals surface area contributed by atoms with Gasteiger partial charge in [-0.2, -0.15) is 4.80 Å². The van der Waals surface area contributed by atoms with Crippen LogP contribution in [0.25, 0.3) is 22.8 Å². The van der Waals surface area contributed by atoms with Crippen LogP contribution in [0, 0.1) is 13.8 Å². The Morgan fingerprint density at radius 2 is 1.84 bits per heavy atom. The third kappa shape index (κ3) is 3.22. The molecular weight excluding hydrogens is 388 g/mol. The topological polar surface area (TPSA) is 95.7 Å². The normalized spacial score (nSPS) is 11.2. The Kier molecular flexibility index (Phi) is 3.92. The summed E-state index contributed by atoms with van der Waals surface area (Å²) in [5.41, 5.74) is 1.67. The van der Waals surface area contributed by atoms with Crippen molar-refractivity contribution in [1.29, 1.82) is 0 Å². The summed E-state index contributed by atoms with van der Waals surface area (Å²) in [6.07, 6.45) is 0. The summed E-state index contributed by atoms with van der Waals surface area (Å²) in [6.45, 7) is 3.97. The van der Waals surface area contributed by atoms with Crippen LogP contribution in [0.4, 0.5) is 0 Å². The minimum Gasteiger partial charge on any atom is -0.466 e. The summed E-state index contributed by atoms with van der Waals surface area (Å²) in [4.78, 5) is 1.42. The fourth-order valence-electron chi connectivity index (χ4n) is 2.42. The van der Waals surface area contributed by atoms with Crippen LogP contribution in [0.3, 0.4) is 0 Å². The number of aryl methyl sites for hydroxylation is 2. The Morgan fingerprint density at radius 1 is 1.04 bits per heavy atom. The molecule has 0 bridgehead atoms. The molecule has 0 aliphatic heterocycles. The number of furan rings is 1. The molecule has 0 spiro atoms. The van der Waals surface area contributed by atoms with Crippen molar-refractivity contribution in [2.45, 2.75) is 20.4 Å². The lowest BCUT2D eigenvalue weighted by atomic mass is 10.2. The first kappa shape index (κ1) is 15.7. The van der Waals surface area contributed by atoms with Crippen LogP contribution in [0.1, 0.15) is 17.4 Å². The van der Waals surface area contributed by atoms with Crippen LogP contribution >= 0.6 is 15.9 Å². The second-order valence-corrected chi connectivity index (χ2v) is 6.39. The quantitative estimate of drug-likeness (QED) is 0.517. The summed E-state index contributed by atoms with van der Waals surface area (Å²) in [7, 11) is 0. The molecule has 3 heterocycles. The number of hydrogen-bond acceptors (Lipinski definition) is 7. The van der Waals surface area contributed by atoms with Gasteiger partial charge in [0.05, 0.1) is 5.56 Å². The Bertz CT molecular complexity index is 1020. The number of tetrazole rings is 1. The van der Waals surface area contributed by atoms with E-state index in [1.165, 1.54) is 4.80 Å². The standard InChI is InChI=1S/C16H13BrN6O2/c1-9-7-13(10(2)24-9)16-20-18-14(25-16)8-23-21-15(19-22-23)11-3-5-12(17)6-4-11/h3-7H,8H2,1-2H3. The van der Waals surface area contributed by atoms with E-state index in [1.54, 1.807) is 0 Å². The first-order valence-corrected chi connectivity index (χ1v) is 8.31. The van der Waals surface area contributed by atoms with Crippen molar-refractivity contribution in [1.82, 2.24) is 30.4 Å². The maximum absolute atomic E-state index is 5.68. The van der Waals surface area contributed by atoms with E-state index in [0.717, 1.165) is 27.1 Å². The zero-order chi connectivity index (χ0) is 17.4. The Hall–Kier alpha value is -2.81. The Morgan fingerprint density at radius 3 is 2.56 bits per heavy atom. The van der Waals surface area contributed by atoms with Gasteiger partial charge in [0, 0.05) is 10.0 Å². The van der Waals surface area contributed by atoms with E-state index < -0.39 is 0 Å². The first-order valence-electron chi connectivity index (χ1n) is 7.52. The van der Waals surface area contributed by atoms with Gasteiger partial charge >= 0.3 is 0 Å². The van der Waals surface area contributed by atoms with Gasteiger partial charge in [-0.05, 0) is 49.4 Å². The van der Waals surface area contributed by atoms with Crippen LogP contribution in [0.15, 0.2) is 43.6 Å². The molecule has 4 aromatic rings. The van der Waals surface area contributed by atoms with Gasteiger partial charge in [0.25, 0.3) is 5.89 Å². The highest BCUT2D eigenvalue weighted by Gasteiger charge is 2.16. The predicted octanol–water partition coefficient (Wildman–Crippen LogP) is 3.41. The van der Waals surface area contributed by atoms with E-state index in [0.29, 0.717) is 17.6 Å². The number of rotatable bonds is 4. The monoisotopic (exact) mass is 400 g/mol. The summed E-state index contributed by atoms with van der Waals surface area (Å²) in [6, 6.07) is 9.55. The van der Waals surface area contributed by atoms with Crippen molar-refractivity contribution in [2.75, 3.05) is 0 Å². The number of benzene rings is 1. The van der Waals surface area contributed by atoms with Gasteiger partial charge in [-0.3, -0.25) is 0 Å². The smallest absolute Gasteiger partial charge is 0.251 e. The zero-order valence-corrected chi connectivity index (χ0v) is 15.1. The minimum atomic E-state index is 0.242. The molecule has 1 aromatic carbocycles. The molecule has 0 radical (unpaired) electrons. The van der Waals surface area contributed by atoms with Crippen molar-refractivity contribution in [3.05, 3.63) is 52.2 Å². The second-order valence-electron chi connectivity index (χ2n) is 5.48. The summed E-state index contributed by atoms with van der Waals surface area (Å²) in [5.74, 6) is 2.88. The molecule has 25 heavy (non-hydrogen) atoms. The van der Waals surface area contributed by atoms with E-state index >= 15 is 0 Å². The van der Waals surface area contributed by atoms with Crippen molar-refractivity contribution < 1.29 is 8.83 Å². The van der Waals surface area contributed by atoms with Crippen molar-refractivity contribution in [2.24, 2.45) is 0 Å². The number of nitrogens with zero attached hydrogens (tertiary/aromatic N) is 6. The molecule has 0 aliphatic carbocycles. The van der Waals surface area contributed by atoms with Gasteiger partial charge in [0.2, 0.25) is 11.7 Å². The largest absolute Gasteiger partial charge is 0.466 e. The highest BCUT2D eigenvalue weighted by molar-refractivity contribution is 9.10. The molecule has 0 unspecified atom stereocenters. The maximum atomic E-state index is 5.68. The van der Waals surface area contributed by atoms with E-state index in [-0.39, 0.29) is 6.54 Å². The van der Waals surface area contributed by atoms with Gasteiger partial charge in [0.1, 0.15) is 18.1 Å². The van der Waals surface area contributed by atoms with E-state index in [4.69, 9.17) is 8.83 Å². The van der Waals surface area contributed by atoms with Gasteiger partial charge in [-0.1, -0.05) is 15.9 Å². The molecular formula is C16H13BrN6O2. The third-order valence-corrected chi connectivity index (χ3v) is 4.10. The fourth-order valence-corrected chi connectivity index (χ4v) is 2.68. The van der Waals surface area contributed by atoms with Crippen LogP contribution in [0.2, 0.25) is 0 Å². The molecule has 0 saturated carbocycles. The fraction of sp³-hybridized carbons (Fsp3) is 0.188. The van der Waals surface area contributed by atoms with Crippen molar-refractivity contribution in [3.63, 3.8) is 0 Å². The predicted molar refractivity (Wildman–Crippen MR) is 91.5 cm³/mol. The first-order chi connectivity index (χ1) is 12.1. The average Bonchev–Trinajstić information content (AvgIpc) is 3.29. The Labute approximate surface area is 151 Å². The number of halogens is 1. The van der Waals surface area contributed by atoms with Crippen LogP contribution < -0.4 is 0 Å². The Balaban J connectivity index is 1.53. The lowest BCUT2D eigenvalue weighted by molar-refractivity contribution is 0.445. The van der Waals surface area contributed by atoms with E-state index in [1.807, 2.05) is 44.2 Å². The lowest BCUT2D eigenvalue weighted by Gasteiger charge is -1.94. The van der Waals surface area contributed by atoms with Crippen LogP contribution in [-0.2, 0) is 6.54 Å². The van der Waals surface area contributed by atoms with Crippen molar-refractivity contribution in [3.8, 4) is 22.8 Å². The summed E-state index contributed by atoms with van der Waals surface area (Å²) >= 11 is 3.40. The van der Waals surface area contributed by atoms with Gasteiger partial charge in [-0.25, -0.2) is 0 Å². The molecule has 0 aliphatic rings. The lowest BCUT2D eigenvalue weighted by Crippen LogP contribution is -2.04. The second kappa shape index (κ2) is 6.25. The van der Waals surface area contributed by atoms with Gasteiger partial charge in [0.15, 0.2) is 0 Å². The summed E-state index contributed by atoms with van der Waals surface area (Å²) in [5, 5.41) is 20.5. The van der Waals surface area contributed by atoms with Crippen LogP contribution in [0.5, 0.6) is 0 Å². The third-order valence-electron chi connectivity index (χ3n) is 3.57. The SMILES string of the molecule is Cc1cc(-c2nnc(Cn3nnc(-c4ccc(Br)cc4)n3)o2)c(C)o1. The van der Waals surface area contributed by atoms with Gasteiger partial charge in [-0.15, -0.1) is 20.4 Å². The minimum absolute atomic E-state index is 0.242. The molecule has 9 heteroatoms. The highest BCUT2D eigenvalue weighted by atomic mass is 79.9. The molecule has 3 aromatic heterocycles. The zero-order valence-electron chi connectivity index (χ0n) is 13.5. The highest BCUT2D eigenvalue weighted by Crippen LogP contribution is 2.25. The van der Waals surface area contributed by atoms with Crippen molar-refractivity contribution >= 4 is 15.9 Å². The van der Waals surface area contributed by atoms with Crippen LogP contribution in [-0.4, -0.2) is 30.4 Å².